The molecule has 15 rings (SSSR count). The minimum atomic E-state index is 0.525. The zero-order chi connectivity index (χ0) is 48.7. The number of rotatable bonds is 7. The van der Waals surface area contributed by atoms with E-state index in [4.69, 9.17) is 19.4 Å². The van der Waals surface area contributed by atoms with Crippen LogP contribution in [0.4, 0.5) is 0 Å². The van der Waals surface area contributed by atoms with Crippen LogP contribution in [0.25, 0.3) is 139 Å². The van der Waals surface area contributed by atoms with E-state index >= 15 is 0 Å². The van der Waals surface area contributed by atoms with Crippen molar-refractivity contribution in [2.75, 3.05) is 0 Å². The van der Waals surface area contributed by atoms with Crippen LogP contribution in [0.3, 0.4) is 0 Å². The fourth-order valence-electron chi connectivity index (χ4n) is 11.7. The van der Waals surface area contributed by atoms with E-state index < -0.39 is 0 Å². The van der Waals surface area contributed by atoms with Gasteiger partial charge in [-0.3, -0.25) is 4.98 Å². The van der Waals surface area contributed by atoms with Crippen LogP contribution in [0.5, 0.6) is 0 Å². The molecule has 1 aliphatic rings. The normalized spacial score (nSPS) is 12.6. The largest absolute Gasteiger partial charge is 0.454 e. The molecule has 0 saturated carbocycles. The van der Waals surface area contributed by atoms with Gasteiger partial charge in [-0.1, -0.05) is 170 Å². The van der Waals surface area contributed by atoms with E-state index in [-0.39, 0.29) is 0 Å². The van der Waals surface area contributed by atoms with Crippen molar-refractivity contribution in [2.45, 2.75) is 25.7 Å². The summed E-state index contributed by atoms with van der Waals surface area (Å²) in [6, 6.07) is 76.4. The molecule has 348 valence electrons. The van der Waals surface area contributed by atoms with Gasteiger partial charge in [0.05, 0.1) is 17.2 Å². The number of hydrogen-bond donors (Lipinski definition) is 0. The van der Waals surface area contributed by atoms with Crippen molar-refractivity contribution in [3.8, 4) is 73.2 Å². The van der Waals surface area contributed by atoms with E-state index in [0.717, 1.165) is 68.3 Å². The topological polar surface area (TPSA) is 69.6 Å². The summed E-state index contributed by atoms with van der Waals surface area (Å²) in [6.07, 6.45) is 8.30. The SMILES string of the molecule is c1cc(-c2cccc(-n3c4cc(-c5ccc6ccccc6c5)ccc4c4c5c(ccc43)CCCC5)c2)cc(-c2nc(-c3ccc(-c4cccc5ccccc45)cc3)nc(-c3cncc4oc5ccccc5c34)n2)c1. The first-order chi connectivity index (χ1) is 36.6. The molecule has 0 amide bonds. The first kappa shape index (κ1) is 42.2. The number of hydrogen-bond acceptors (Lipinski definition) is 5. The predicted octanol–water partition coefficient (Wildman–Crippen LogP) is 17.5. The maximum Gasteiger partial charge on any atom is 0.166 e. The fourth-order valence-corrected chi connectivity index (χ4v) is 11.7. The number of nitrogens with zero attached hydrogens (tertiary/aromatic N) is 5. The molecular weight excluding hydrogens is 903 g/mol. The number of fused-ring (bicyclic) bond motifs is 10. The molecule has 0 radical (unpaired) electrons. The maximum atomic E-state index is 6.31. The Bertz CT molecular complexity index is 4560. The van der Waals surface area contributed by atoms with Gasteiger partial charge in [0.15, 0.2) is 23.1 Å². The zero-order valence-electron chi connectivity index (χ0n) is 40.3. The van der Waals surface area contributed by atoms with Crippen LogP contribution in [-0.4, -0.2) is 24.5 Å². The van der Waals surface area contributed by atoms with Gasteiger partial charge in [-0.2, -0.15) is 0 Å². The van der Waals surface area contributed by atoms with Gasteiger partial charge in [-0.15, -0.1) is 0 Å². The number of aromatic nitrogens is 5. The average Bonchev–Trinajstić information content (AvgIpc) is 4.03. The molecule has 10 aromatic carbocycles. The monoisotopic (exact) mass is 947 g/mol. The van der Waals surface area contributed by atoms with Crippen LogP contribution >= 0.6 is 0 Å². The van der Waals surface area contributed by atoms with Gasteiger partial charge in [0.2, 0.25) is 0 Å². The summed E-state index contributed by atoms with van der Waals surface area (Å²) < 4.78 is 8.80. The Hall–Kier alpha value is -9.52. The molecule has 6 nitrogen and oxygen atoms in total. The third kappa shape index (κ3) is 7.02. The molecule has 14 aromatic rings. The number of benzene rings is 10. The number of aryl methyl sites for hydroxylation is 2. The van der Waals surface area contributed by atoms with Gasteiger partial charge in [-0.05, 0) is 134 Å². The van der Waals surface area contributed by atoms with Gasteiger partial charge in [0, 0.05) is 50.1 Å². The van der Waals surface area contributed by atoms with Crippen LogP contribution in [0.1, 0.15) is 24.0 Å². The molecule has 6 heteroatoms. The third-order valence-corrected chi connectivity index (χ3v) is 15.3. The molecule has 0 saturated heterocycles. The van der Waals surface area contributed by atoms with E-state index in [2.05, 4.69) is 204 Å². The lowest BCUT2D eigenvalue weighted by molar-refractivity contribution is 0.667. The average molecular weight is 948 g/mol. The van der Waals surface area contributed by atoms with E-state index in [1.165, 1.54) is 84.0 Å². The highest BCUT2D eigenvalue weighted by atomic mass is 16.3. The van der Waals surface area contributed by atoms with Crippen molar-refractivity contribution < 1.29 is 4.42 Å². The Morgan fingerprint density at radius 2 is 1.03 bits per heavy atom. The highest BCUT2D eigenvalue weighted by Gasteiger charge is 2.22. The zero-order valence-corrected chi connectivity index (χ0v) is 40.3. The quantitative estimate of drug-likeness (QED) is 0.159. The molecule has 0 fully saturated rings. The molecular formula is C68H45N5O. The standard InChI is InChI=1S/C68H45N5O/c1-2-15-47-36-50(31-26-42(47)12-1)51-32-34-57-61(39-51)73(60-35-33-44-14-4-6-22-56(44)64(57)60)53-20-10-18-49(38-53)48-17-9-19-52(37-48)67-70-66(46-29-27-45(28-30-46)55-24-11-16-43-13-3-5-21-54(43)55)71-68(72-67)59-40-69-41-63-65(59)58-23-7-8-25-62(58)74-63/h1-3,5,7-13,15-21,23-41H,4,6,14,22H2. The summed E-state index contributed by atoms with van der Waals surface area (Å²) in [4.78, 5) is 20.4. The summed E-state index contributed by atoms with van der Waals surface area (Å²) >= 11 is 0. The Kier molecular flexibility index (Phi) is 9.73. The molecule has 0 atom stereocenters. The maximum absolute atomic E-state index is 6.31. The molecule has 74 heavy (non-hydrogen) atoms. The van der Waals surface area contributed by atoms with E-state index in [9.17, 15) is 0 Å². The summed E-state index contributed by atoms with van der Waals surface area (Å²) in [5.41, 5.74) is 17.5. The highest BCUT2D eigenvalue weighted by Crippen LogP contribution is 2.42. The van der Waals surface area contributed by atoms with Crippen molar-refractivity contribution in [3.05, 3.63) is 236 Å². The molecule has 1 aliphatic carbocycles. The van der Waals surface area contributed by atoms with Gasteiger partial charge >= 0.3 is 0 Å². The van der Waals surface area contributed by atoms with Crippen molar-refractivity contribution in [1.82, 2.24) is 24.5 Å². The number of para-hydroxylation sites is 1. The van der Waals surface area contributed by atoms with Crippen molar-refractivity contribution in [3.63, 3.8) is 0 Å². The van der Waals surface area contributed by atoms with Crippen LogP contribution in [0, 0.1) is 0 Å². The molecule has 4 aromatic heterocycles. The Labute approximate surface area is 426 Å². The van der Waals surface area contributed by atoms with Gasteiger partial charge in [-0.25, -0.2) is 15.0 Å². The van der Waals surface area contributed by atoms with E-state index in [0.29, 0.717) is 23.1 Å². The highest BCUT2D eigenvalue weighted by molar-refractivity contribution is 6.13. The predicted molar refractivity (Wildman–Crippen MR) is 304 cm³/mol. The second-order valence-electron chi connectivity index (χ2n) is 19.6. The van der Waals surface area contributed by atoms with Crippen molar-refractivity contribution >= 4 is 65.3 Å². The van der Waals surface area contributed by atoms with Crippen LogP contribution in [0.15, 0.2) is 229 Å². The molecule has 0 N–H and O–H groups in total. The summed E-state index contributed by atoms with van der Waals surface area (Å²) in [7, 11) is 0. The minimum Gasteiger partial charge on any atom is -0.454 e. The van der Waals surface area contributed by atoms with E-state index in [1.54, 1.807) is 6.20 Å². The second-order valence-corrected chi connectivity index (χ2v) is 19.6. The molecule has 0 spiro atoms. The summed E-state index contributed by atoms with van der Waals surface area (Å²) in [5.74, 6) is 1.67. The number of furan rings is 1. The first-order valence-corrected chi connectivity index (χ1v) is 25.5. The van der Waals surface area contributed by atoms with Crippen LogP contribution in [-0.2, 0) is 12.8 Å². The van der Waals surface area contributed by atoms with Gasteiger partial charge < -0.3 is 8.98 Å². The first-order valence-electron chi connectivity index (χ1n) is 25.5. The number of pyridine rings is 1. The Morgan fingerprint density at radius 1 is 0.365 bits per heavy atom. The molecule has 0 bridgehead atoms. The lowest BCUT2D eigenvalue weighted by Crippen LogP contribution is -2.03. The Balaban J connectivity index is 0.867. The lowest BCUT2D eigenvalue weighted by Gasteiger charge is -2.17. The molecule has 4 heterocycles. The Morgan fingerprint density at radius 3 is 1.93 bits per heavy atom. The lowest BCUT2D eigenvalue weighted by atomic mass is 9.88. The second kappa shape index (κ2) is 17.1. The fraction of sp³-hybridized carbons (Fsp3) is 0.0588. The third-order valence-electron chi connectivity index (χ3n) is 15.3. The molecule has 0 unspecified atom stereocenters. The van der Waals surface area contributed by atoms with E-state index in [1.807, 2.05) is 24.4 Å². The molecule has 0 aliphatic heterocycles. The van der Waals surface area contributed by atoms with Gasteiger partial charge in [0.1, 0.15) is 5.58 Å². The smallest absolute Gasteiger partial charge is 0.166 e. The van der Waals surface area contributed by atoms with Crippen molar-refractivity contribution in [1.29, 1.82) is 0 Å². The minimum absolute atomic E-state index is 0.525. The summed E-state index contributed by atoms with van der Waals surface area (Å²) in [6.45, 7) is 0. The van der Waals surface area contributed by atoms with Crippen LogP contribution < -0.4 is 0 Å². The van der Waals surface area contributed by atoms with Crippen LogP contribution in [0.2, 0.25) is 0 Å². The summed E-state index contributed by atoms with van der Waals surface area (Å²) in [5, 5.41) is 9.50. The van der Waals surface area contributed by atoms with Crippen molar-refractivity contribution in [2.24, 2.45) is 0 Å². The van der Waals surface area contributed by atoms with Gasteiger partial charge in [0.25, 0.3) is 0 Å².